The monoisotopic (exact) mass is 242 g/mol. The Balaban J connectivity index is 3.00. The lowest BCUT2D eigenvalue weighted by molar-refractivity contribution is 0.284. The van der Waals surface area contributed by atoms with Crippen LogP contribution in [0.4, 0.5) is 0 Å². The number of halogens is 1. The average Bonchev–Trinajstić information content (AvgIpc) is 2.29. The smallest absolute Gasteiger partial charge is 0.122 e. The van der Waals surface area contributed by atoms with Crippen molar-refractivity contribution in [2.24, 2.45) is 0 Å². The SMILES string of the molecule is COc1cc(C)c(Cl)c(C)c1CCCCO. The summed E-state index contributed by atoms with van der Waals surface area (Å²) >= 11 is 6.22. The van der Waals surface area contributed by atoms with Crippen molar-refractivity contribution in [3.63, 3.8) is 0 Å². The van der Waals surface area contributed by atoms with Gasteiger partial charge in [0.05, 0.1) is 7.11 Å². The summed E-state index contributed by atoms with van der Waals surface area (Å²) in [5.41, 5.74) is 3.30. The van der Waals surface area contributed by atoms with Gasteiger partial charge in [-0.1, -0.05) is 11.6 Å². The molecule has 90 valence electrons. The van der Waals surface area contributed by atoms with Crippen LogP contribution in [0.1, 0.15) is 29.5 Å². The molecule has 0 saturated heterocycles. The van der Waals surface area contributed by atoms with Crippen LogP contribution in [0.15, 0.2) is 6.07 Å². The normalized spacial score (nSPS) is 10.6. The maximum absolute atomic E-state index is 8.78. The topological polar surface area (TPSA) is 29.5 Å². The zero-order valence-corrected chi connectivity index (χ0v) is 10.9. The van der Waals surface area contributed by atoms with Crippen LogP contribution in [-0.4, -0.2) is 18.8 Å². The summed E-state index contributed by atoms with van der Waals surface area (Å²) in [7, 11) is 1.68. The van der Waals surface area contributed by atoms with E-state index in [1.807, 2.05) is 19.9 Å². The van der Waals surface area contributed by atoms with E-state index in [0.717, 1.165) is 46.7 Å². The molecule has 3 heteroatoms. The molecule has 0 bridgehead atoms. The summed E-state index contributed by atoms with van der Waals surface area (Å²) in [6.07, 6.45) is 2.66. The number of benzene rings is 1. The van der Waals surface area contributed by atoms with Crippen LogP contribution in [0.5, 0.6) is 5.75 Å². The van der Waals surface area contributed by atoms with E-state index in [2.05, 4.69) is 0 Å². The zero-order chi connectivity index (χ0) is 12.1. The molecule has 0 fully saturated rings. The quantitative estimate of drug-likeness (QED) is 0.803. The maximum atomic E-state index is 8.78. The standard InChI is InChI=1S/C13H19ClO2/c1-9-8-12(16-3)11(6-4-5-7-15)10(2)13(9)14/h8,15H,4-7H2,1-3H3. The Kier molecular flexibility index (Phi) is 5.10. The third-order valence-electron chi connectivity index (χ3n) is 2.83. The summed E-state index contributed by atoms with van der Waals surface area (Å²) in [6.45, 7) is 4.24. The number of rotatable bonds is 5. The molecule has 0 aliphatic rings. The Hall–Kier alpha value is -0.730. The molecule has 16 heavy (non-hydrogen) atoms. The van der Waals surface area contributed by atoms with Crippen molar-refractivity contribution < 1.29 is 9.84 Å². The number of methoxy groups -OCH3 is 1. The minimum absolute atomic E-state index is 0.237. The summed E-state index contributed by atoms with van der Waals surface area (Å²) in [5, 5.41) is 9.60. The van der Waals surface area contributed by atoms with Crippen molar-refractivity contribution in [1.29, 1.82) is 0 Å². The van der Waals surface area contributed by atoms with Gasteiger partial charge >= 0.3 is 0 Å². The first-order valence-corrected chi connectivity index (χ1v) is 5.93. The van der Waals surface area contributed by atoms with Crippen LogP contribution in [0.2, 0.25) is 5.02 Å². The van der Waals surface area contributed by atoms with E-state index in [4.69, 9.17) is 21.4 Å². The second-order valence-corrected chi connectivity index (χ2v) is 4.37. The fourth-order valence-electron chi connectivity index (χ4n) is 1.87. The van der Waals surface area contributed by atoms with Crippen molar-refractivity contribution in [3.05, 3.63) is 27.8 Å². The second-order valence-electron chi connectivity index (χ2n) is 3.99. The lowest BCUT2D eigenvalue weighted by Gasteiger charge is -2.14. The fourth-order valence-corrected chi connectivity index (χ4v) is 2.04. The third-order valence-corrected chi connectivity index (χ3v) is 3.41. The first kappa shape index (κ1) is 13.3. The summed E-state index contributed by atoms with van der Waals surface area (Å²) in [5.74, 6) is 0.900. The van der Waals surface area contributed by atoms with Gasteiger partial charge in [-0.05, 0) is 55.9 Å². The largest absolute Gasteiger partial charge is 0.496 e. The lowest BCUT2D eigenvalue weighted by atomic mass is 9.99. The maximum Gasteiger partial charge on any atom is 0.122 e. The van der Waals surface area contributed by atoms with Gasteiger partial charge in [0.15, 0.2) is 0 Å². The Morgan fingerprint density at radius 1 is 1.31 bits per heavy atom. The molecule has 0 heterocycles. The van der Waals surface area contributed by atoms with E-state index in [1.54, 1.807) is 7.11 Å². The molecule has 0 aliphatic carbocycles. The third kappa shape index (κ3) is 2.89. The number of hydrogen-bond donors (Lipinski definition) is 1. The van der Waals surface area contributed by atoms with Crippen LogP contribution in [-0.2, 0) is 6.42 Å². The van der Waals surface area contributed by atoms with Gasteiger partial charge in [-0.2, -0.15) is 0 Å². The number of aryl methyl sites for hydroxylation is 1. The van der Waals surface area contributed by atoms with Gasteiger partial charge in [-0.3, -0.25) is 0 Å². The molecule has 0 atom stereocenters. The number of aliphatic hydroxyl groups excluding tert-OH is 1. The van der Waals surface area contributed by atoms with Crippen LogP contribution < -0.4 is 4.74 Å². The Morgan fingerprint density at radius 2 is 2.00 bits per heavy atom. The minimum atomic E-state index is 0.237. The predicted octanol–water partition coefficient (Wildman–Crippen LogP) is 3.28. The van der Waals surface area contributed by atoms with Crippen molar-refractivity contribution in [2.45, 2.75) is 33.1 Å². The molecule has 0 unspecified atom stereocenters. The fraction of sp³-hybridized carbons (Fsp3) is 0.538. The molecule has 0 aromatic heterocycles. The number of hydrogen-bond acceptors (Lipinski definition) is 2. The highest BCUT2D eigenvalue weighted by atomic mass is 35.5. The van der Waals surface area contributed by atoms with Crippen molar-refractivity contribution >= 4 is 11.6 Å². The number of ether oxygens (including phenoxy) is 1. The lowest BCUT2D eigenvalue weighted by Crippen LogP contribution is -1.99. The van der Waals surface area contributed by atoms with Crippen molar-refractivity contribution in [2.75, 3.05) is 13.7 Å². The molecule has 0 amide bonds. The highest BCUT2D eigenvalue weighted by molar-refractivity contribution is 6.32. The molecule has 2 nitrogen and oxygen atoms in total. The van der Waals surface area contributed by atoms with Crippen LogP contribution in [0.25, 0.3) is 0 Å². The molecule has 0 spiro atoms. The van der Waals surface area contributed by atoms with Crippen LogP contribution >= 0.6 is 11.6 Å². The summed E-state index contributed by atoms with van der Waals surface area (Å²) < 4.78 is 5.37. The van der Waals surface area contributed by atoms with E-state index >= 15 is 0 Å². The van der Waals surface area contributed by atoms with Crippen LogP contribution in [0.3, 0.4) is 0 Å². The molecule has 0 radical (unpaired) electrons. The second kappa shape index (κ2) is 6.12. The van der Waals surface area contributed by atoms with Crippen molar-refractivity contribution in [1.82, 2.24) is 0 Å². The molecule has 1 N–H and O–H groups in total. The first-order valence-electron chi connectivity index (χ1n) is 5.55. The van der Waals surface area contributed by atoms with E-state index in [0.29, 0.717) is 0 Å². The van der Waals surface area contributed by atoms with Gasteiger partial charge in [-0.15, -0.1) is 0 Å². The highest BCUT2D eigenvalue weighted by Gasteiger charge is 2.11. The molecule has 1 rings (SSSR count). The predicted molar refractivity (Wildman–Crippen MR) is 67.5 cm³/mol. The Labute approximate surface area is 102 Å². The Morgan fingerprint density at radius 3 is 2.56 bits per heavy atom. The highest BCUT2D eigenvalue weighted by Crippen LogP contribution is 2.32. The van der Waals surface area contributed by atoms with E-state index in [-0.39, 0.29) is 6.61 Å². The molecule has 1 aromatic rings. The molecular formula is C13H19ClO2. The van der Waals surface area contributed by atoms with Gasteiger partial charge in [0.1, 0.15) is 5.75 Å². The van der Waals surface area contributed by atoms with Gasteiger partial charge < -0.3 is 9.84 Å². The van der Waals surface area contributed by atoms with Crippen LogP contribution in [0, 0.1) is 13.8 Å². The van der Waals surface area contributed by atoms with Gasteiger partial charge in [-0.25, -0.2) is 0 Å². The van der Waals surface area contributed by atoms with Gasteiger partial charge in [0.2, 0.25) is 0 Å². The van der Waals surface area contributed by atoms with Crippen molar-refractivity contribution in [3.8, 4) is 5.75 Å². The number of aliphatic hydroxyl groups is 1. The molecule has 0 saturated carbocycles. The summed E-state index contributed by atoms with van der Waals surface area (Å²) in [6, 6.07) is 1.98. The first-order chi connectivity index (χ1) is 7.61. The molecule has 0 aliphatic heterocycles. The van der Waals surface area contributed by atoms with Gasteiger partial charge in [0, 0.05) is 11.6 Å². The van der Waals surface area contributed by atoms with E-state index in [1.165, 1.54) is 0 Å². The zero-order valence-electron chi connectivity index (χ0n) is 10.1. The Bertz CT molecular complexity index is 361. The number of unbranched alkanes of at least 4 members (excludes halogenated alkanes) is 1. The molecule has 1 aromatic carbocycles. The minimum Gasteiger partial charge on any atom is -0.496 e. The summed E-state index contributed by atoms with van der Waals surface area (Å²) in [4.78, 5) is 0. The molecular weight excluding hydrogens is 224 g/mol. The van der Waals surface area contributed by atoms with Gasteiger partial charge in [0.25, 0.3) is 0 Å². The average molecular weight is 243 g/mol. The van der Waals surface area contributed by atoms with E-state index < -0.39 is 0 Å². The van der Waals surface area contributed by atoms with E-state index in [9.17, 15) is 0 Å².